The summed E-state index contributed by atoms with van der Waals surface area (Å²) in [4.78, 5) is 11.7. The lowest BCUT2D eigenvalue weighted by atomic mass is 10.1. The van der Waals surface area contributed by atoms with E-state index in [4.69, 9.17) is 4.99 Å². The SMILES string of the molecule is CCNC(=NCCn1cnnc1CC)NC1CCN(c2ccc(C)cn2)CC1.I. The van der Waals surface area contributed by atoms with Gasteiger partial charge < -0.3 is 20.1 Å². The number of guanidine groups is 1. The number of hydrogen-bond donors (Lipinski definition) is 2. The second kappa shape index (κ2) is 11.9. The molecule has 1 aliphatic rings. The van der Waals surface area contributed by atoms with E-state index in [9.17, 15) is 0 Å². The van der Waals surface area contributed by atoms with E-state index in [0.29, 0.717) is 12.6 Å². The van der Waals surface area contributed by atoms with Gasteiger partial charge in [-0.3, -0.25) is 4.99 Å². The molecule has 2 aromatic rings. The predicted octanol–water partition coefficient (Wildman–Crippen LogP) is 2.39. The van der Waals surface area contributed by atoms with Crippen LogP contribution in [-0.2, 0) is 13.0 Å². The second-order valence-electron chi connectivity index (χ2n) is 7.15. The molecule has 3 rings (SSSR count). The quantitative estimate of drug-likeness (QED) is 0.337. The third kappa shape index (κ3) is 6.83. The summed E-state index contributed by atoms with van der Waals surface area (Å²) in [6.45, 7) is 10.6. The van der Waals surface area contributed by atoms with Gasteiger partial charge in [-0.2, -0.15) is 0 Å². The topological polar surface area (TPSA) is 83.3 Å². The van der Waals surface area contributed by atoms with Crippen LogP contribution in [-0.4, -0.2) is 57.9 Å². The van der Waals surface area contributed by atoms with Gasteiger partial charge in [0, 0.05) is 44.8 Å². The number of aliphatic imine (C=N–C) groups is 1. The maximum absolute atomic E-state index is 4.74. The highest BCUT2D eigenvalue weighted by atomic mass is 127. The summed E-state index contributed by atoms with van der Waals surface area (Å²) in [7, 11) is 0. The first-order chi connectivity index (χ1) is 13.7. The molecular formula is C20H33IN8. The molecule has 1 saturated heterocycles. The number of hydrogen-bond acceptors (Lipinski definition) is 5. The first kappa shape index (κ1) is 23.4. The smallest absolute Gasteiger partial charge is 0.191 e. The minimum atomic E-state index is 0. The highest BCUT2D eigenvalue weighted by Crippen LogP contribution is 2.18. The van der Waals surface area contributed by atoms with Gasteiger partial charge in [-0.05, 0) is 38.3 Å². The van der Waals surface area contributed by atoms with Gasteiger partial charge in [-0.1, -0.05) is 13.0 Å². The first-order valence-corrected chi connectivity index (χ1v) is 10.3. The average molecular weight is 512 g/mol. The molecule has 3 heterocycles. The number of rotatable bonds is 7. The van der Waals surface area contributed by atoms with Crippen molar-refractivity contribution in [2.24, 2.45) is 4.99 Å². The Morgan fingerprint density at radius 1 is 1.24 bits per heavy atom. The molecule has 0 bridgehead atoms. The van der Waals surface area contributed by atoms with Gasteiger partial charge in [0.25, 0.3) is 0 Å². The minimum Gasteiger partial charge on any atom is -0.357 e. The lowest BCUT2D eigenvalue weighted by molar-refractivity contribution is 0.459. The van der Waals surface area contributed by atoms with Crippen LogP contribution >= 0.6 is 24.0 Å². The van der Waals surface area contributed by atoms with E-state index in [1.54, 1.807) is 6.33 Å². The molecule has 8 nitrogen and oxygen atoms in total. The minimum absolute atomic E-state index is 0. The normalized spacial score (nSPS) is 15.1. The van der Waals surface area contributed by atoms with Crippen molar-refractivity contribution in [2.45, 2.75) is 52.6 Å². The van der Waals surface area contributed by atoms with E-state index >= 15 is 0 Å². The van der Waals surface area contributed by atoms with Crippen LogP contribution < -0.4 is 15.5 Å². The van der Waals surface area contributed by atoms with Crippen LogP contribution in [0.15, 0.2) is 29.6 Å². The highest BCUT2D eigenvalue weighted by molar-refractivity contribution is 14.0. The molecule has 0 amide bonds. The molecule has 2 N–H and O–H groups in total. The van der Waals surface area contributed by atoms with Crippen LogP contribution in [0.25, 0.3) is 0 Å². The third-order valence-electron chi connectivity index (χ3n) is 5.02. The predicted molar refractivity (Wildman–Crippen MR) is 128 cm³/mol. The largest absolute Gasteiger partial charge is 0.357 e. The van der Waals surface area contributed by atoms with Gasteiger partial charge in [-0.25, -0.2) is 4.98 Å². The monoisotopic (exact) mass is 512 g/mol. The maximum Gasteiger partial charge on any atom is 0.191 e. The van der Waals surface area contributed by atoms with Gasteiger partial charge in [0.2, 0.25) is 0 Å². The van der Waals surface area contributed by atoms with E-state index in [1.165, 1.54) is 5.56 Å². The third-order valence-corrected chi connectivity index (χ3v) is 5.02. The lowest BCUT2D eigenvalue weighted by Crippen LogP contribution is -2.49. The molecule has 1 aliphatic heterocycles. The molecule has 29 heavy (non-hydrogen) atoms. The molecule has 0 saturated carbocycles. The van der Waals surface area contributed by atoms with E-state index < -0.39 is 0 Å². The fraction of sp³-hybridized carbons (Fsp3) is 0.600. The summed E-state index contributed by atoms with van der Waals surface area (Å²) in [5.74, 6) is 2.97. The Kier molecular flexibility index (Phi) is 9.62. The van der Waals surface area contributed by atoms with Crippen molar-refractivity contribution in [1.29, 1.82) is 0 Å². The van der Waals surface area contributed by atoms with Crippen molar-refractivity contribution in [3.05, 3.63) is 36.0 Å². The zero-order valence-corrected chi connectivity index (χ0v) is 20.0. The Labute approximate surface area is 190 Å². The summed E-state index contributed by atoms with van der Waals surface area (Å²) < 4.78 is 2.07. The molecule has 1 fully saturated rings. The number of aromatic nitrogens is 4. The average Bonchev–Trinajstić information content (AvgIpc) is 3.17. The Morgan fingerprint density at radius 3 is 2.69 bits per heavy atom. The second-order valence-corrected chi connectivity index (χ2v) is 7.15. The lowest BCUT2D eigenvalue weighted by Gasteiger charge is -2.33. The molecule has 0 unspecified atom stereocenters. The summed E-state index contributed by atoms with van der Waals surface area (Å²) in [6, 6.07) is 4.67. The molecule has 0 atom stereocenters. The van der Waals surface area contributed by atoms with Crippen molar-refractivity contribution >= 4 is 35.8 Å². The van der Waals surface area contributed by atoms with E-state index in [0.717, 1.165) is 63.0 Å². The van der Waals surface area contributed by atoms with E-state index in [1.807, 2.05) is 6.20 Å². The molecule has 2 aromatic heterocycles. The van der Waals surface area contributed by atoms with Crippen LogP contribution in [0.2, 0.25) is 0 Å². The van der Waals surface area contributed by atoms with E-state index in [-0.39, 0.29) is 24.0 Å². The zero-order valence-electron chi connectivity index (χ0n) is 17.6. The standard InChI is InChI=1S/C20H32N8.HI/c1-4-18-26-24-15-28(18)13-10-22-20(21-5-2)25-17-8-11-27(12-9-17)19-7-6-16(3)14-23-19;/h6-7,14-15,17H,4-5,8-13H2,1-3H3,(H2,21,22,25);1H. The van der Waals surface area contributed by atoms with Gasteiger partial charge in [0.1, 0.15) is 18.0 Å². The van der Waals surface area contributed by atoms with Gasteiger partial charge in [0.05, 0.1) is 6.54 Å². The van der Waals surface area contributed by atoms with Crippen molar-refractivity contribution < 1.29 is 0 Å². The maximum atomic E-state index is 4.74. The van der Waals surface area contributed by atoms with Crippen molar-refractivity contribution in [3.63, 3.8) is 0 Å². The summed E-state index contributed by atoms with van der Waals surface area (Å²) in [5.41, 5.74) is 1.20. The molecule has 0 aromatic carbocycles. The number of nitrogens with zero attached hydrogens (tertiary/aromatic N) is 6. The van der Waals surface area contributed by atoms with Crippen molar-refractivity contribution in [1.82, 2.24) is 30.4 Å². The molecule has 160 valence electrons. The highest BCUT2D eigenvalue weighted by Gasteiger charge is 2.20. The fourth-order valence-corrected chi connectivity index (χ4v) is 3.42. The van der Waals surface area contributed by atoms with Gasteiger partial charge >= 0.3 is 0 Å². The van der Waals surface area contributed by atoms with Crippen LogP contribution in [0, 0.1) is 6.92 Å². The number of aryl methyl sites for hydroxylation is 2. The van der Waals surface area contributed by atoms with Crippen LogP contribution in [0.3, 0.4) is 0 Å². The molecule has 0 radical (unpaired) electrons. The van der Waals surface area contributed by atoms with E-state index in [2.05, 4.69) is 68.2 Å². The Balaban J connectivity index is 0.00000300. The van der Waals surface area contributed by atoms with Gasteiger partial charge in [-0.15, -0.1) is 34.2 Å². The molecule has 9 heteroatoms. The van der Waals surface area contributed by atoms with Crippen LogP contribution in [0.1, 0.15) is 38.1 Å². The Hall–Kier alpha value is -1.91. The summed E-state index contributed by atoms with van der Waals surface area (Å²) >= 11 is 0. The number of nitrogens with one attached hydrogen (secondary N) is 2. The van der Waals surface area contributed by atoms with Crippen LogP contribution in [0.5, 0.6) is 0 Å². The molecular weight excluding hydrogens is 479 g/mol. The Bertz CT molecular complexity index is 750. The molecule has 0 spiro atoms. The Morgan fingerprint density at radius 2 is 2.03 bits per heavy atom. The van der Waals surface area contributed by atoms with Crippen molar-refractivity contribution in [3.8, 4) is 0 Å². The number of pyridine rings is 1. The van der Waals surface area contributed by atoms with Gasteiger partial charge in [0.15, 0.2) is 5.96 Å². The fourth-order valence-electron chi connectivity index (χ4n) is 3.42. The summed E-state index contributed by atoms with van der Waals surface area (Å²) in [5, 5.41) is 15.1. The first-order valence-electron chi connectivity index (χ1n) is 10.3. The van der Waals surface area contributed by atoms with Crippen LogP contribution in [0.4, 0.5) is 5.82 Å². The number of halogens is 1. The number of anilines is 1. The van der Waals surface area contributed by atoms with Crippen molar-refractivity contribution in [2.75, 3.05) is 31.1 Å². The summed E-state index contributed by atoms with van der Waals surface area (Å²) in [6.07, 6.45) is 6.76. The molecule has 0 aliphatic carbocycles. The zero-order chi connectivity index (χ0) is 19.8. The number of piperidine rings is 1.